The van der Waals surface area contributed by atoms with E-state index >= 15 is 0 Å². The van der Waals surface area contributed by atoms with E-state index in [0.717, 1.165) is 18.7 Å². The molecule has 1 aromatic rings. The Morgan fingerprint density at radius 3 is 3.12 bits per heavy atom. The van der Waals surface area contributed by atoms with Gasteiger partial charge in [-0.1, -0.05) is 6.07 Å². The van der Waals surface area contributed by atoms with E-state index in [9.17, 15) is 4.79 Å². The lowest BCUT2D eigenvalue weighted by atomic mass is 10.2. The van der Waals surface area contributed by atoms with Crippen LogP contribution in [0.2, 0.25) is 0 Å². The number of aryl methyl sites for hydroxylation is 2. The quantitative estimate of drug-likeness (QED) is 0.800. The van der Waals surface area contributed by atoms with Crippen LogP contribution in [0.15, 0.2) is 12.1 Å². The molecule has 1 aliphatic rings. The van der Waals surface area contributed by atoms with Crippen molar-refractivity contribution in [1.82, 2.24) is 4.98 Å². The van der Waals surface area contributed by atoms with Crippen molar-refractivity contribution in [2.24, 2.45) is 5.73 Å². The van der Waals surface area contributed by atoms with E-state index in [1.165, 1.54) is 17.7 Å². The van der Waals surface area contributed by atoms with Gasteiger partial charge >= 0.3 is 0 Å². The van der Waals surface area contributed by atoms with Crippen molar-refractivity contribution in [3.05, 3.63) is 23.4 Å². The van der Waals surface area contributed by atoms with Gasteiger partial charge in [0.05, 0.1) is 0 Å². The van der Waals surface area contributed by atoms with Gasteiger partial charge in [-0.25, -0.2) is 4.98 Å². The Morgan fingerprint density at radius 2 is 2.38 bits per heavy atom. The molecule has 16 heavy (non-hydrogen) atoms. The number of hydrogen-bond donors (Lipinski definition) is 2. The fourth-order valence-corrected chi connectivity index (χ4v) is 2.11. The predicted octanol–water partition coefficient (Wildman–Crippen LogP) is 1.25. The smallest absolute Gasteiger partial charge is 0.219 e. The minimum absolute atomic E-state index is 0.0319. The largest absolute Gasteiger partial charge is 0.370 e. The van der Waals surface area contributed by atoms with Gasteiger partial charge in [0, 0.05) is 18.2 Å². The maximum Gasteiger partial charge on any atom is 0.219 e. The summed E-state index contributed by atoms with van der Waals surface area (Å²) in [5.74, 6) is 0.551. The first-order valence-electron chi connectivity index (χ1n) is 5.69. The van der Waals surface area contributed by atoms with Crippen molar-refractivity contribution < 1.29 is 4.79 Å². The van der Waals surface area contributed by atoms with Crippen LogP contribution in [0.3, 0.4) is 0 Å². The molecule has 0 bridgehead atoms. The first-order valence-corrected chi connectivity index (χ1v) is 5.69. The van der Waals surface area contributed by atoms with Crippen LogP contribution in [0.4, 0.5) is 5.82 Å². The molecule has 4 heteroatoms. The Balaban J connectivity index is 2.02. The van der Waals surface area contributed by atoms with Crippen LogP contribution >= 0.6 is 0 Å². The third-order valence-electron chi connectivity index (χ3n) is 2.83. The van der Waals surface area contributed by atoms with Gasteiger partial charge in [0.2, 0.25) is 5.91 Å². The molecule has 0 aromatic carbocycles. The van der Waals surface area contributed by atoms with Gasteiger partial charge < -0.3 is 11.1 Å². The third-order valence-corrected chi connectivity index (χ3v) is 2.83. The highest BCUT2D eigenvalue weighted by Crippen LogP contribution is 2.21. The molecule has 4 nitrogen and oxygen atoms in total. The summed E-state index contributed by atoms with van der Waals surface area (Å²) in [7, 11) is 0. The number of anilines is 1. The molecule has 1 amide bonds. The molecule has 2 rings (SSSR count). The monoisotopic (exact) mass is 219 g/mol. The number of nitrogens with one attached hydrogen (secondary N) is 1. The van der Waals surface area contributed by atoms with Gasteiger partial charge in [-0.15, -0.1) is 0 Å². The average molecular weight is 219 g/mol. The first kappa shape index (κ1) is 10.9. The standard InChI is InChI=1S/C12H17N3O/c1-8(7-11(13)16)14-12-6-5-9-3-2-4-10(9)15-12/h5-6,8H,2-4,7H2,1H3,(H2,13,16)(H,14,15). The summed E-state index contributed by atoms with van der Waals surface area (Å²) in [5, 5.41) is 3.19. The van der Waals surface area contributed by atoms with E-state index in [1.54, 1.807) is 0 Å². The molecular formula is C12H17N3O. The summed E-state index contributed by atoms with van der Waals surface area (Å²) in [6.07, 6.45) is 3.73. The Labute approximate surface area is 95.3 Å². The van der Waals surface area contributed by atoms with Crippen molar-refractivity contribution >= 4 is 11.7 Å². The lowest BCUT2D eigenvalue weighted by Gasteiger charge is -2.13. The first-order chi connectivity index (χ1) is 7.65. The highest BCUT2D eigenvalue weighted by Gasteiger charge is 2.13. The molecule has 0 fully saturated rings. The van der Waals surface area contributed by atoms with Gasteiger partial charge in [0.15, 0.2) is 0 Å². The number of aromatic nitrogens is 1. The topological polar surface area (TPSA) is 68.0 Å². The Morgan fingerprint density at radius 1 is 1.56 bits per heavy atom. The Bertz CT molecular complexity index is 403. The number of carbonyl (C=O) groups is 1. The average Bonchev–Trinajstić information content (AvgIpc) is 2.63. The van der Waals surface area contributed by atoms with Crippen LogP contribution in [0.25, 0.3) is 0 Å². The van der Waals surface area contributed by atoms with Crippen LogP contribution in [-0.2, 0) is 17.6 Å². The van der Waals surface area contributed by atoms with E-state index in [0.29, 0.717) is 6.42 Å². The molecule has 1 unspecified atom stereocenters. The summed E-state index contributed by atoms with van der Waals surface area (Å²) >= 11 is 0. The Kier molecular flexibility index (Phi) is 3.08. The zero-order valence-electron chi connectivity index (χ0n) is 9.49. The van der Waals surface area contributed by atoms with Crippen molar-refractivity contribution in [2.75, 3.05) is 5.32 Å². The molecule has 1 heterocycles. The zero-order chi connectivity index (χ0) is 11.5. The fraction of sp³-hybridized carbons (Fsp3) is 0.500. The zero-order valence-corrected chi connectivity index (χ0v) is 9.49. The molecule has 0 radical (unpaired) electrons. The lowest BCUT2D eigenvalue weighted by Crippen LogP contribution is -2.24. The second-order valence-corrected chi connectivity index (χ2v) is 4.37. The van der Waals surface area contributed by atoms with Crippen LogP contribution < -0.4 is 11.1 Å². The van der Waals surface area contributed by atoms with Gasteiger partial charge in [-0.2, -0.15) is 0 Å². The van der Waals surface area contributed by atoms with Crippen LogP contribution in [0.1, 0.15) is 31.0 Å². The molecule has 1 aliphatic carbocycles. The number of rotatable bonds is 4. The summed E-state index contributed by atoms with van der Waals surface area (Å²) in [4.78, 5) is 15.3. The van der Waals surface area contributed by atoms with Crippen molar-refractivity contribution in [3.63, 3.8) is 0 Å². The van der Waals surface area contributed by atoms with E-state index in [1.807, 2.05) is 13.0 Å². The van der Waals surface area contributed by atoms with Crippen LogP contribution in [-0.4, -0.2) is 16.9 Å². The normalized spacial score (nSPS) is 15.6. The van der Waals surface area contributed by atoms with E-state index in [-0.39, 0.29) is 11.9 Å². The van der Waals surface area contributed by atoms with Gasteiger partial charge in [-0.3, -0.25) is 4.79 Å². The molecule has 0 saturated heterocycles. The van der Waals surface area contributed by atoms with E-state index < -0.39 is 0 Å². The molecular weight excluding hydrogens is 202 g/mol. The summed E-state index contributed by atoms with van der Waals surface area (Å²) in [6, 6.07) is 4.13. The SMILES string of the molecule is CC(CC(N)=O)Nc1ccc2c(n1)CCC2. The van der Waals surface area contributed by atoms with Crippen LogP contribution in [0.5, 0.6) is 0 Å². The number of nitrogens with zero attached hydrogens (tertiary/aromatic N) is 1. The molecule has 0 saturated carbocycles. The number of amides is 1. The van der Waals surface area contributed by atoms with Gasteiger partial charge in [-0.05, 0) is 37.8 Å². The fourth-order valence-electron chi connectivity index (χ4n) is 2.11. The minimum Gasteiger partial charge on any atom is -0.370 e. The lowest BCUT2D eigenvalue weighted by molar-refractivity contribution is -0.118. The molecule has 1 aromatic heterocycles. The number of carbonyl (C=O) groups excluding carboxylic acids is 1. The number of pyridine rings is 1. The molecule has 0 aliphatic heterocycles. The Hall–Kier alpha value is -1.58. The molecule has 3 N–H and O–H groups in total. The highest BCUT2D eigenvalue weighted by atomic mass is 16.1. The number of fused-ring (bicyclic) bond motifs is 1. The van der Waals surface area contributed by atoms with Gasteiger partial charge in [0.1, 0.15) is 5.82 Å². The van der Waals surface area contributed by atoms with Crippen molar-refractivity contribution in [1.29, 1.82) is 0 Å². The second-order valence-electron chi connectivity index (χ2n) is 4.37. The van der Waals surface area contributed by atoms with Crippen molar-refractivity contribution in [2.45, 2.75) is 38.6 Å². The minimum atomic E-state index is -0.291. The van der Waals surface area contributed by atoms with E-state index in [4.69, 9.17) is 5.73 Å². The second kappa shape index (κ2) is 4.51. The molecule has 1 atom stereocenters. The van der Waals surface area contributed by atoms with Crippen molar-refractivity contribution in [3.8, 4) is 0 Å². The predicted molar refractivity (Wildman–Crippen MR) is 63.2 cm³/mol. The maximum atomic E-state index is 10.7. The summed E-state index contributed by atoms with van der Waals surface area (Å²) < 4.78 is 0. The number of primary amides is 1. The van der Waals surface area contributed by atoms with Gasteiger partial charge in [0.25, 0.3) is 0 Å². The number of nitrogens with two attached hydrogens (primary N) is 1. The van der Waals surface area contributed by atoms with Crippen LogP contribution in [0, 0.1) is 0 Å². The summed E-state index contributed by atoms with van der Waals surface area (Å²) in [6.45, 7) is 1.93. The number of hydrogen-bond acceptors (Lipinski definition) is 3. The highest BCUT2D eigenvalue weighted by molar-refractivity contribution is 5.74. The molecule has 0 spiro atoms. The maximum absolute atomic E-state index is 10.7. The summed E-state index contributed by atoms with van der Waals surface area (Å²) in [5.41, 5.74) is 7.68. The third kappa shape index (κ3) is 2.51. The molecule has 86 valence electrons. The van der Waals surface area contributed by atoms with E-state index in [2.05, 4.69) is 16.4 Å².